The van der Waals surface area contributed by atoms with E-state index in [1.807, 2.05) is 20.8 Å². The van der Waals surface area contributed by atoms with Crippen LogP contribution in [0.3, 0.4) is 0 Å². The van der Waals surface area contributed by atoms with E-state index in [0.29, 0.717) is 70.1 Å². The van der Waals surface area contributed by atoms with Gasteiger partial charge in [-0.3, -0.25) is 57.5 Å². The molecule has 0 bridgehead atoms. The molecule has 0 fully saturated rings. The van der Waals surface area contributed by atoms with Crippen molar-refractivity contribution in [2.45, 2.75) is 144 Å². The monoisotopic (exact) mass is 1380 g/mol. The summed E-state index contributed by atoms with van der Waals surface area (Å²) in [6.45, 7) is 28.8. The van der Waals surface area contributed by atoms with Crippen LogP contribution >= 0.6 is 23.5 Å². The van der Waals surface area contributed by atoms with Crippen molar-refractivity contribution in [2.24, 2.45) is 0 Å². The molecule has 0 aliphatic heterocycles. The first-order chi connectivity index (χ1) is 43.3. The van der Waals surface area contributed by atoms with Crippen molar-refractivity contribution in [2.75, 3.05) is 130 Å². The van der Waals surface area contributed by atoms with Crippen molar-refractivity contribution in [1.82, 2.24) is 0 Å². The average Bonchev–Trinajstić information content (AvgIpc) is 3.52. The molecule has 0 amide bonds. The van der Waals surface area contributed by atoms with Crippen molar-refractivity contribution < 1.29 is 162 Å². The first kappa shape index (κ1) is 104. The molecule has 540 valence electrons. The first-order valence-corrected chi connectivity index (χ1v) is 30.1. The Labute approximate surface area is 547 Å². The Morgan fingerprint density at radius 2 is 0.554 bits per heavy atom. The summed E-state index contributed by atoms with van der Waals surface area (Å²) >= 11 is 3.03. The summed E-state index contributed by atoms with van der Waals surface area (Å²) < 4.78 is 86.4. The van der Waals surface area contributed by atoms with Crippen LogP contribution in [0.4, 0.5) is 0 Å². The minimum absolute atomic E-state index is 0.00264. The highest BCUT2D eigenvalue weighted by Gasteiger charge is 2.06. The molecule has 0 atom stereocenters. The third kappa shape index (κ3) is 136. The molecule has 0 aliphatic rings. The Balaban J connectivity index is -0.000000121. The van der Waals surface area contributed by atoms with Gasteiger partial charge in [-0.1, -0.05) is 39.5 Å². The third-order valence-electron chi connectivity index (χ3n) is 7.09. The fraction of sp³-hybridized carbons (Fsp3) is 0.732. The van der Waals surface area contributed by atoms with Crippen molar-refractivity contribution in [3.63, 3.8) is 0 Å². The molecule has 92 heavy (non-hydrogen) atoms. The van der Waals surface area contributed by atoms with Crippen LogP contribution in [-0.2, 0) is 162 Å². The number of esters is 13. The zero-order valence-electron chi connectivity index (χ0n) is 56.5. The van der Waals surface area contributed by atoms with E-state index in [9.17, 15) is 71.9 Å². The summed E-state index contributed by atoms with van der Waals surface area (Å²) in [5, 5.41) is 0. The second kappa shape index (κ2) is 86.0. The summed E-state index contributed by atoms with van der Waals surface area (Å²) in [7, 11) is 0. The zero-order chi connectivity index (χ0) is 72.8. The minimum atomic E-state index is -0.612. The number of carbonyl (C=O) groups excluding carboxylic acids is 15. The van der Waals surface area contributed by atoms with Gasteiger partial charge in [0.05, 0.1) is 12.5 Å². The molecule has 0 N–H and O–H groups in total. The lowest BCUT2D eigenvalue weighted by Crippen LogP contribution is -2.16. The molecule has 0 rings (SSSR count). The Morgan fingerprint density at radius 3 is 0.935 bits per heavy atom. The Bertz CT molecular complexity index is 1910. The van der Waals surface area contributed by atoms with Gasteiger partial charge < -0.3 is 90.0 Å². The molecule has 36 heteroatoms. The van der Waals surface area contributed by atoms with Crippen LogP contribution in [0.15, 0.2) is 0 Å². The van der Waals surface area contributed by atoms with Crippen LogP contribution in [-0.4, -0.2) is 220 Å². The van der Waals surface area contributed by atoms with Gasteiger partial charge in [-0.15, -0.1) is 11.8 Å². The molecule has 0 saturated carbocycles. The van der Waals surface area contributed by atoms with E-state index in [1.54, 1.807) is 53.3 Å². The maximum absolute atomic E-state index is 10.6. The standard InChI is InChI=1S/2C7H12O5.C7H12O4.C6H12O4.2C6H10O4.C6H12O3S.C6H10O3.C5H10O2S/c1-3-10-5-12-7(9)4-11-6(2)8;1-3-10-4-7(9)12-5-11-6(2)8;1-3-7(9)4-10-5-11-6(2)8;1-3-8-4-9-5-10-6(2)7;1-3-9-6(8)4-10-5(2)7;1-3-6(8)10-4-9-5(2)7;1-3-8-4-10-5-9-6(2)7;1-3-6(8)4-9-5(2)7;1-3-8-4-7-5(2)6/h2*3-5H2,1-2H3;3-5H2,1-2H3;3-5H2,1-2H3;2*3-4H2,1-2H3;3-5H2,1-2H3;3-4H2,1-2H3;3-4H2,1-2H3. The molecule has 0 heterocycles. The Morgan fingerprint density at radius 1 is 0.228 bits per heavy atom. The van der Waals surface area contributed by atoms with Crippen molar-refractivity contribution in [3.8, 4) is 0 Å². The van der Waals surface area contributed by atoms with Gasteiger partial charge in [-0.05, 0) is 40.4 Å². The van der Waals surface area contributed by atoms with Gasteiger partial charge in [0.15, 0.2) is 52.0 Å². The summed E-state index contributed by atoms with van der Waals surface area (Å²) in [5.74, 6) is -3.19. The summed E-state index contributed by atoms with van der Waals surface area (Å²) in [4.78, 5) is 154. The molecule has 0 radical (unpaired) electrons. The van der Waals surface area contributed by atoms with Gasteiger partial charge in [-0.2, -0.15) is 0 Å². The molecule has 0 aromatic heterocycles. The second-order valence-electron chi connectivity index (χ2n) is 15.1. The van der Waals surface area contributed by atoms with E-state index in [2.05, 4.69) is 61.6 Å². The number of Topliss-reactive ketones (excluding diaryl/α,β-unsaturated/α-hetero) is 2. The van der Waals surface area contributed by atoms with Gasteiger partial charge in [0, 0.05) is 108 Å². The SMILES string of the molecule is CCC(=O)COC(C)=O.CCC(=O)COCOC(C)=O.CCC(=O)OCOC(C)=O.CCOC(=O)COC(C)=O.CCOCC(=O)OCOC(C)=O.CCOCOC(=O)COC(C)=O.CCOCOCOC(C)=O.CCOCSCOC(C)=O.CCSCOC(C)=O. The zero-order valence-corrected chi connectivity index (χ0v) is 58.1. The average molecular weight is 1380 g/mol. The third-order valence-corrected chi connectivity index (χ3v) is 8.40. The number of rotatable bonds is 37. The Kier molecular flexibility index (Phi) is 97.0. The van der Waals surface area contributed by atoms with E-state index in [-0.39, 0.29) is 109 Å². The number of hydrogen-bond acceptors (Lipinski definition) is 36. The van der Waals surface area contributed by atoms with Gasteiger partial charge in [0.1, 0.15) is 31.7 Å². The predicted octanol–water partition coefficient (Wildman–Crippen LogP) is 4.79. The molecule has 34 nitrogen and oxygen atoms in total. The predicted molar refractivity (Wildman–Crippen MR) is 324 cm³/mol. The maximum Gasteiger partial charge on any atom is 0.346 e. The van der Waals surface area contributed by atoms with E-state index < -0.39 is 53.7 Å². The molecule has 0 aromatic carbocycles. The minimum Gasteiger partial charge on any atom is -0.463 e. The molecule has 0 unspecified atom stereocenters. The number of ketones is 2. The summed E-state index contributed by atoms with van der Waals surface area (Å²) in [6.07, 6.45) is 1.16. The van der Waals surface area contributed by atoms with Crippen LogP contribution in [0.2, 0.25) is 0 Å². The lowest BCUT2D eigenvalue weighted by molar-refractivity contribution is -0.169. The number of hydrogen-bond donors (Lipinski definition) is 0. The quantitative estimate of drug-likeness (QED) is 0.0349. The fourth-order valence-corrected chi connectivity index (χ4v) is 3.94. The van der Waals surface area contributed by atoms with Gasteiger partial charge >= 0.3 is 77.6 Å². The first-order valence-electron chi connectivity index (χ1n) is 27.8. The van der Waals surface area contributed by atoms with Crippen molar-refractivity contribution in [1.29, 1.82) is 0 Å². The van der Waals surface area contributed by atoms with Gasteiger partial charge in [0.2, 0.25) is 13.6 Å². The van der Waals surface area contributed by atoms with Crippen molar-refractivity contribution in [3.05, 3.63) is 0 Å². The van der Waals surface area contributed by atoms with Crippen LogP contribution in [0.25, 0.3) is 0 Å². The number of ether oxygens (including phenoxy) is 19. The van der Waals surface area contributed by atoms with Gasteiger partial charge in [0.25, 0.3) is 0 Å². The van der Waals surface area contributed by atoms with Crippen LogP contribution < -0.4 is 0 Å². The lowest BCUT2D eigenvalue weighted by atomic mass is 10.3. The van der Waals surface area contributed by atoms with Crippen LogP contribution in [0.5, 0.6) is 0 Å². The molecule has 0 spiro atoms. The van der Waals surface area contributed by atoms with E-state index in [4.69, 9.17) is 28.4 Å². The fourth-order valence-electron chi connectivity index (χ4n) is 2.92. The van der Waals surface area contributed by atoms with Crippen LogP contribution in [0, 0.1) is 0 Å². The van der Waals surface area contributed by atoms with E-state index >= 15 is 0 Å². The molecular formula is C56H100O34S2. The highest BCUT2D eigenvalue weighted by molar-refractivity contribution is 7.99. The highest BCUT2D eigenvalue weighted by atomic mass is 32.2. The molecule has 0 aromatic rings. The molecule has 0 aliphatic carbocycles. The molecular weight excluding hydrogens is 1280 g/mol. The van der Waals surface area contributed by atoms with Gasteiger partial charge in [-0.25, -0.2) is 14.4 Å². The summed E-state index contributed by atoms with van der Waals surface area (Å²) in [5.41, 5.74) is 0. The lowest BCUT2D eigenvalue weighted by Gasteiger charge is -2.03. The molecule has 0 saturated heterocycles. The second-order valence-corrected chi connectivity index (χ2v) is 17.2. The van der Waals surface area contributed by atoms with Crippen molar-refractivity contribution >= 4 is 113 Å². The highest BCUT2D eigenvalue weighted by Crippen LogP contribution is 2.00. The van der Waals surface area contributed by atoms with E-state index in [1.165, 1.54) is 74.1 Å². The number of thioether (sulfide) groups is 2. The summed E-state index contributed by atoms with van der Waals surface area (Å²) in [6, 6.07) is 0. The largest absolute Gasteiger partial charge is 0.463 e. The smallest absolute Gasteiger partial charge is 0.346 e. The van der Waals surface area contributed by atoms with Crippen LogP contribution in [0.1, 0.15) is 144 Å². The van der Waals surface area contributed by atoms with E-state index in [0.717, 1.165) is 5.75 Å². The topological polar surface area (TPSA) is 431 Å². The Hall–Kier alpha value is -7.09. The normalized spacial score (nSPS) is 9.02. The number of carbonyl (C=O) groups is 15. The maximum atomic E-state index is 10.6.